The Labute approximate surface area is 113 Å². The van der Waals surface area contributed by atoms with Gasteiger partial charge in [0.25, 0.3) is 0 Å². The molecule has 1 saturated heterocycles. The van der Waals surface area contributed by atoms with Gasteiger partial charge in [0.1, 0.15) is 5.82 Å². The number of sulfonamides is 1. The summed E-state index contributed by atoms with van der Waals surface area (Å²) in [5.74, 6) is -0.427. The molecular formula is C13H19FN2O2S. The minimum Gasteiger partial charge on any atom is -0.303 e. The van der Waals surface area contributed by atoms with Gasteiger partial charge in [-0.3, -0.25) is 0 Å². The predicted octanol–water partition coefficient (Wildman–Crippen LogP) is 1.50. The molecule has 0 aliphatic carbocycles. The van der Waals surface area contributed by atoms with Crippen LogP contribution in [-0.4, -0.2) is 33.0 Å². The van der Waals surface area contributed by atoms with E-state index in [0.29, 0.717) is 12.0 Å². The molecule has 1 aliphatic heterocycles. The van der Waals surface area contributed by atoms with Gasteiger partial charge in [0.15, 0.2) is 0 Å². The van der Waals surface area contributed by atoms with Gasteiger partial charge in [0.05, 0.1) is 4.90 Å². The molecule has 0 aromatic heterocycles. The summed E-state index contributed by atoms with van der Waals surface area (Å²) < 4.78 is 36.1. The van der Waals surface area contributed by atoms with E-state index in [1.165, 1.54) is 25.0 Å². The van der Waals surface area contributed by atoms with Crippen LogP contribution < -0.4 is 5.14 Å². The molecule has 1 heterocycles. The Bertz CT molecular complexity index is 540. The standard InChI is InChI=1S/C13H19FN2O2S/c14-12-5-6-13(19(15,17)18)11(10-12)4-3-9-16-7-1-2-8-16/h5-6,10H,1-4,7-9H2,(H2,15,17,18). The van der Waals surface area contributed by atoms with Crippen molar-refractivity contribution in [1.29, 1.82) is 0 Å². The van der Waals surface area contributed by atoms with E-state index < -0.39 is 15.8 Å². The lowest BCUT2D eigenvalue weighted by atomic mass is 10.1. The van der Waals surface area contributed by atoms with E-state index in [0.717, 1.165) is 32.1 Å². The monoisotopic (exact) mass is 286 g/mol. The summed E-state index contributed by atoms with van der Waals surface area (Å²) in [5, 5.41) is 5.14. The zero-order valence-corrected chi connectivity index (χ0v) is 11.6. The van der Waals surface area contributed by atoms with Crippen LogP contribution in [0.3, 0.4) is 0 Å². The molecule has 0 saturated carbocycles. The lowest BCUT2D eigenvalue weighted by Crippen LogP contribution is -2.21. The first kappa shape index (κ1) is 14.4. The van der Waals surface area contributed by atoms with Crippen LogP contribution in [0.25, 0.3) is 0 Å². The molecule has 1 aromatic carbocycles. The third kappa shape index (κ3) is 3.99. The van der Waals surface area contributed by atoms with E-state index in [9.17, 15) is 12.8 Å². The van der Waals surface area contributed by atoms with E-state index in [2.05, 4.69) is 4.90 Å². The average Bonchev–Trinajstić information content (AvgIpc) is 2.80. The highest BCUT2D eigenvalue weighted by molar-refractivity contribution is 7.89. The van der Waals surface area contributed by atoms with Crippen molar-refractivity contribution >= 4 is 10.0 Å². The molecule has 19 heavy (non-hydrogen) atoms. The Balaban J connectivity index is 2.03. The molecule has 0 bridgehead atoms. The van der Waals surface area contributed by atoms with Crippen LogP contribution in [-0.2, 0) is 16.4 Å². The summed E-state index contributed by atoms with van der Waals surface area (Å²) in [6.07, 6.45) is 3.79. The second-order valence-corrected chi connectivity index (χ2v) is 6.48. The van der Waals surface area contributed by atoms with Gasteiger partial charge in [-0.05, 0) is 69.1 Å². The largest absolute Gasteiger partial charge is 0.303 e. The number of hydrogen-bond donors (Lipinski definition) is 1. The molecule has 4 nitrogen and oxygen atoms in total. The van der Waals surface area contributed by atoms with Gasteiger partial charge in [-0.1, -0.05) is 0 Å². The number of nitrogens with two attached hydrogens (primary N) is 1. The van der Waals surface area contributed by atoms with E-state index in [1.807, 2.05) is 0 Å². The van der Waals surface area contributed by atoms with Gasteiger partial charge in [0, 0.05) is 0 Å². The summed E-state index contributed by atoms with van der Waals surface area (Å²) in [7, 11) is -3.78. The fraction of sp³-hybridized carbons (Fsp3) is 0.538. The van der Waals surface area contributed by atoms with Gasteiger partial charge in [-0.25, -0.2) is 17.9 Å². The van der Waals surface area contributed by atoms with Crippen LogP contribution in [0.1, 0.15) is 24.8 Å². The van der Waals surface area contributed by atoms with Crippen molar-refractivity contribution in [2.75, 3.05) is 19.6 Å². The predicted molar refractivity (Wildman–Crippen MR) is 71.8 cm³/mol. The van der Waals surface area contributed by atoms with Crippen molar-refractivity contribution in [2.45, 2.75) is 30.6 Å². The van der Waals surface area contributed by atoms with Crippen LogP contribution in [0.4, 0.5) is 4.39 Å². The van der Waals surface area contributed by atoms with E-state index >= 15 is 0 Å². The molecule has 1 aliphatic rings. The minimum atomic E-state index is -3.78. The van der Waals surface area contributed by atoms with Crippen molar-refractivity contribution in [1.82, 2.24) is 4.90 Å². The molecule has 0 unspecified atom stereocenters. The van der Waals surface area contributed by atoms with Gasteiger partial charge in [-0.2, -0.15) is 0 Å². The summed E-state index contributed by atoms with van der Waals surface area (Å²) in [4.78, 5) is 2.38. The highest BCUT2D eigenvalue weighted by atomic mass is 32.2. The van der Waals surface area contributed by atoms with Crippen LogP contribution in [0.2, 0.25) is 0 Å². The Hall–Kier alpha value is -0.980. The van der Waals surface area contributed by atoms with Gasteiger partial charge < -0.3 is 4.90 Å². The fourth-order valence-electron chi connectivity index (χ4n) is 2.52. The number of likely N-dealkylation sites (tertiary alicyclic amines) is 1. The number of nitrogens with zero attached hydrogens (tertiary/aromatic N) is 1. The van der Waals surface area contributed by atoms with Crippen molar-refractivity contribution in [3.05, 3.63) is 29.6 Å². The zero-order valence-electron chi connectivity index (χ0n) is 10.8. The maximum atomic E-state index is 13.2. The van der Waals surface area contributed by atoms with Crippen molar-refractivity contribution < 1.29 is 12.8 Å². The third-order valence-electron chi connectivity index (χ3n) is 3.45. The molecular weight excluding hydrogens is 267 g/mol. The molecule has 106 valence electrons. The molecule has 0 radical (unpaired) electrons. The van der Waals surface area contributed by atoms with Crippen LogP contribution in [0, 0.1) is 5.82 Å². The summed E-state index contributed by atoms with van der Waals surface area (Å²) in [6, 6.07) is 3.64. The first-order valence-corrected chi connectivity index (χ1v) is 8.05. The second kappa shape index (κ2) is 5.98. The highest BCUT2D eigenvalue weighted by Crippen LogP contribution is 2.18. The topological polar surface area (TPSA) is 63.4 Å². The highest BCUT2D eigenvalue weighted by Gasteiger charge is 2.15. The molecule has 1 aromatic rings. The summed E-state index contributed by atoms with van der Waals surface area (Å²) in [5.41, 5.74) is 0.474. The lowest BCUT2D eigenvalue weighted by Gasteiger charge is -2.14. The Kier molecular flexibility index (Phi) is 4.54. The zero-order chi connectivity index (χ0) is 13.9. The van der Waals surface area contributed by atoms with E-state index in [4.69, 9.17) is 5.14 Å². The van der Waals surface area contributed by atoms with Crippen LogP contribution in [0.15, 0.2) is 23.1 Å². The number of primary sulfonamides is 1. The summed E-state index contributed by atoms with van der Waals surface area (Å²) >= 11 is 0. The molecule has 2 rings (SSSR count). The molecule has 2 N–H and O–H groups in total. The maximum Gasteiger partial charge on any atom is 0.238 e. The third-order valence-corrected chi connectivity index (χ3v) is 4.46. The number of halogens is 1. The van der Waals surface area contributed by atoms with Crippen molar-refractivity contribution in [3.63, 3.8) is 0 Å². The minimum absolute atomic E-state index is 0.0373. The van der Waals surface area contributed by atoms with Crippen molar-refractivity contribution in [3.8, 4) is 0 Å². The number of aryl methyl sites for hydroxylation is 1. The van der Waals surface area contributed by atoms with Crippen LogP contribution >= 0.6 is 0 Å². The average molecular weight is 286 g/mol. The first-order chi connectivity index (χ1) is 8.97. The number of rotatable bonds is 5. The van der Waals surface area contributed by atoms with Gasteiger partial charge in [0.2, 0.25) is 10.0 Å². The Morgan fingerprint density at radius 3 is 2.58 bits per heavy atom. The van der Waals surface area contributed by atoms with Crippen LogP contribution in [0.5, 0.6) is 0 Å². The molecule has 0 spiro atoms. The van der Waals surface area contributed by atoms with Gasteiger partial charge in [-0.15, -0.1) is 0 Å². The number of benzene rings is 1. The second-order valence-electron chi connectivity index (χ2n) is 4.95. The first-order valence-electron chi connectivity index (χ1n) is 6.50. The molecule has 0 amide bonds. The van der Waals surface area contributed by atoms with E-state index in [-0.39, 0.29) is 4.90 Å². The quantitative estimate of drug-likeness (QED) is 0.892. The fourth-order valence-corrected chi connectivity index (χ4v) is 3.30. The number of hydrogen-bond acceptors (Lipinski definition) is 3. The maximum absolute atomic E-state index is 13.2. The lowest BCUT2D eigenvalue weighted by molar-refractivity contribution is 0.333. The van der Waals surface area contributed by atoms with Crippen molar-refractivity contribution in [2.24, 2.45) is 5.14 Å². The van der Waals surface area contributed by atoms with E-state index in [1.54, 1.807) is 0 Å². The Morgan fingerprint density at radius 1 is 1.26 bits per heavy atom. The molecule has 0 atom stereocenters. The SMILES string of the molecule is NS(=O)(=O)c1ccc(F)cc1CCCN1CCCC1. The molecule has 1 fully saturated rings. The molecule has 6 heteroatoms. The smallest absolute Gasteiger partial charge is 0.238 e. The summed E-state index contributed by atoms with van der Waals surface area (Å²) in [6.45, 7) is 3.12. The normalized spacial score (nSPS) is 16.9. The van der Waals surface area contributed by atoms with Gasteiger partial charge >= 0.3 is 0 Å². The Morgan fingerprint density at radius 2 is 1.95 bits per heavy atom.